The topological polar surface area (TPSA) is 73.0 Å². The van der Waals surface area contributed by atoms with E-state index >= 15 is 0 Å². The summed E-state index contributed by atoms with van der Waals surface area (Å²) in [6.45, 7) is 1.05. The van der Waals surface area contributed by atoms with Crippen molar-refractivity contribution in [3.8, 4) is 11.1 Å². The van der Waals surface area contributed by atoms with Crippen LogP contribution in [0.5, 0.6) is 0 Å². The maximum absolute atomic E-state index is 9.20. The predicted octanol–water partition coefficient (Wildman–Crippen LogP) is 1.85. The van der Waals surface area contributed by atoms with Crippen molar-refractivity contribution in [1.82, 2.24) is 0 Å². The Morgan fingerprint density at radius 1 is 1.05 bits per heavy atom. The number of anilines is 3. The zero-order chi connectivity index (χ0) is 16.1. The first kappa shape index (κ1) is 16.6. The molecular weight excluding hydrogens is 298 g/mol. The molecule has 0 unspecified atom stereocenters. The Kier molecular flexibility index (Phi) is 5.65. The van der Waals surface area contributed by atoms with Gasteiger partial charge in [-0.05, 0) is 18.2 Å². The SMILES string of the molecule is CN(C)c1cscc1-c1cc(N(CCO)CCO)ccc1N. The summed E-state index contributed by atoms with van der Waals surface area (Å²) in [7, 11) is 4.02. The van der Waals surface area contributed by atoms with Crippen LogP contribution in [0.2, 0.25) is 0 Å². The van der Waals surface area contributed by atoms with E-state index in [2.05, 4.69) is 15.7 Å². The number of rotatable bonds is 7. The molecule has 2 rings (SSSR count). The van der Waals surface area contributed by atoms with Gasteiger partial charge < -0.3 is 25.7 Å². The van der Waals surface area contributed by atoms with E-state index in [4.69, 9.17) is 5.73 Å². The molecule has 22 heavy (non-hydrogen) atoms. The average Bonchev–Trinajstić information content (AvgIpc) is 2.97. The van der Waals surface area contributed by atoms with Gasteiger partial charge in [0.2, 0.25) is 0 Å². The number of benzene rings is 1. The first-order valence-electron chi connectivity index (χ1n) is 7.18. The molecule has 1 aromatic heterocycles. The Morgan fingerprint density at radius 3 is 2.32 bits per heavy atom. The minimum Gasteiger partial charge on any atom is -0.398 e. The van der Waals surface area contributed by atoms with E-state index in [1.54, 1.807) is 11.3 Å². The quantitative estimate of drug-likeness (QED) is 0.679. The fourth-order valence-corrected chi connectivity index (χ4v) is 3.34. The molecule has 1 aromatic carbocycles. The van der Waals surface area contributed by atoms with E-state index in [1.165, 1.54) is 0 Å². The number of nitrogens with zero attached hydrogens (tertiary/aromatic N) is 2. The molecule has 0 saturated carbocycles. The standard InChI is InChI=1S/C16H23N3O2S/c1-18(2)16-11-22-10-14(16)13-9-12(3-4-15(13)17)19(5-7-20)6-8-21/h3-4,9-11,20-21H,5-8,17H2,1-2H3. The number of hydrogen-bond acceptors (Lipinski definition) is 6. The van der Waals surface area contributed by atoms with Gasteiger partial charge in [-0.15, -0.1) is 11.3 Å². The molecule has 120 valence electrons. The van der Waals surface area contributed by atoms with Crippen molar-refractivity contribution in [3.63, 3.8) is 0 Å². The molecule has 0 bridgehead atoms. The molecule has 0 spiro atoms. The molecule has 0 aliphatic rings. The fraction of sp³-hybridized carbons (Fsp3) is 0.375. The van der Waals surface area contributed by atoms with Crippen LogP contribution in [-0.2, 0) is 0 Å². The maximum Gasteiger partial charge on any atom is 0.0606 e. The van der Waals surface area contributed by atoms with Gasteiger partial charge in [0.1, 0.15) is 0 Å². The molecule has 0 radical (unpaired) electrons. The fourth-order valence-electron chi connectivity index (χ4n) is 2.42. The lowest BCUT2D eigenvalue weighted by atomic mass is 10.0. The van der Waals surface area contributed by atoms with E-state index in [9.17, 15) is 10.2 Å². The summed E-state index contributed by atoms with van der Waals surface area (Å²) in [6.07, 6.45) is 0. The van der Waals surface area contributed by atoms with Crippen LogP contribution in [0.15, 0.2) is 29.0 Å². The van der Waals surface area contributed by atoms with Crippen molar-refractivity contribution < 1.29 is 10.2 Å². The molecule has 0 fully saturated rings. The van der Waals surface area contributed by atoms with Gasteiger partial charge in [0.15, 0.2) is 0 Å². The Hall–Kier alpha value is -1.76. The third-order valence-electron chi connectivity index (χ3n) is 3.56. The third-order valence-corrected chi connectivity index (χ3v) is 4.29. The highest BCUT2D eigenvalue weighted by molar-refractivity contribution is 7.08. The monoisotopic (exact) mass is 321 g/mol. The van der Waals surface area contributed by atoms with Crippen LogP contribution < -0.4 is 15.5 Å². The Labute approximate surface area is 135 Å². The highest BCUT2D eigenvalue weighted by Crippen LogP contribution is 2.38. The van der Waals surface area contributed by atoms with Gasteiger partial charge in [-0.3, -0.25) is 0 Å². The summed E-state index contributed by atoms with van der Waals surface area (Å²) in [5, 5.41) is 22.6. The molecule has 1 heterocycles. The highest BCUT2D eigenvalue weighted by atomic mass is 32.1. The summed E-state index contributed by atoms with van der Waals surface area (Å²) in [5.41, 5.74) is 11.0. The van der Waals surface area contributed by atoms with Gasteiger partial charge in [0, 0.05) is 60.4 Å². The van der Waals surface area contributed by atoms with E-state index in [-0.39, 0.29) is 13.2 Å². The third kappa shape index (κ3) is 3.52. The van der Waals surface area contributed by atoms with Gasteiger partial charge in [-0.25, -0.2) is 0 Å². The van der Waals surface area contributed by atoms with Crippen LogP contribution in [0.4, 0.5) is 17.1 Å². The number of nitrogen functional groups attached to an aromatic ring is 1. The van der Waals surface area contributed by atoms with E-state index in [1.807, 2.05) is 37.2 Å². The zero-order valence-corrected chi connectivity index (χ0v) is 13.8. The second kappa shape index (κ2) is 7.49. The first-order valence-corrected chi connectivity index (χ1v) is 8.12. The van der Waals surface area contributed by atoms with Crippen molar-refractivity contribution >= 4 is 28.4 Å². The van der Waals surface area contributed by atoms with E-state index in [0.717, 1.165) is 28.2 Å². The minimum atomic E-state index is 0.0428. The normalized spacial score (nSPS) is 10.7. The molecule has 0 amide bonds. The number of hydrogen-bond donors (Lipinski definition) is 3. The van der Waals surface area contributed by atoms with Crippen LogP contribution in [-0.4, -0.2) is 50.6 Å². The average molecular weight is 321 g/mol. The summed E-state index contributed by atoms with van der Waals surface area (Å²) in [5.74, 6) is 0. The second-order valence-electron chi connectivity index (χ2n) is 5.27. The summed E-state index contributed by atoms with van der Waals surface area (Å²) < 4.78 is 0. The molecule has 0 atom stereocenters. The smallest absolute Gasteiger partial charge is 0.0606 e. The lowest BCUT2D eigenvalue weighted by molar-refractivity contribution is 0.281. The molecule has 0 aliphatic heterocycles. The number of nitrogens with two attached hydrogens (primary N) is 1. The molecule has 4 N–H and O–H groups in total. The summed E-state index contributed by atoms with van der Waals surface area (Å²) >= 11 is 1.64. The molecular formula is C16H23N3O2S. The maximum atomic E-state index is 9.20. The van der Waals surface area contributed by atoms with Crippen molar-refractivity contribution in [1.29, 1.82) is 0 Å². The highest BCUT2D eigenvalue weighted by Gasteiger charge is 2.14. The van der Waals surface area contributed by atoms with Crippen molar-refractivity contribution in [2.24, 2.45) is 0 Å². The summed E-state index contributed by atoms with van der Waals surface area (Å²) in [4.78, 5) is 4.02. The Morgan fingerprint density at radius 2 is 1.73 bits per heavy atom. The van der Waals surface area contributed by atoms with Crippen LogP contribution in [0.3, 0.4) is 0 Å². The first-order chi connectivity index (χ1) is 10.6. The summed E-state index contributed by atoms with van der Waals surface area (Å²) in [6, 6.07) is 5.82. The molecule has 0 saturated heterocycles. The van der Waals surface area contributed by atoms with Gasteiger partial charge in [0.25, 0.3) is 0 Å². The lowest BCUT2D eigenvalue weighted by Gasteiger charge is -2.24. The molecule has 5 nitrogen and oxygen atoms in total. The van der Waals surface area contributed by atoms with Gasteiger partial charge in [-0.1, -0.05) is 0 Å². The van der Waals surface area contributed by atoms with Gasteiger partial charge >= 0.3 is 0 Å². The minimum absolute atomic E-state index is 0.0428. The molecule has 0 aliphatic carbocycles. The van der Waals surface area contributed by atoms with Crippen LogP contribution in [0.1, 0.15) is 0 Å². The van der Waals surface area contributed by atoms with E-state index < -0.39 is 0 Å². The number of aliphatic hydroxyl groups is 2. The number of thiophene rings is 1. The van der Waals surface area contributed by atoms with Crippen LogP contribution in [0, 0.1) is 0 Å². The van der Waals surface area contributed by atoms with E-state index in [0.29, 0.717) is 13.1 Å². The zero-order valence-electron chi connectivity index (χ0n) is 13.0. The molecule has 6 heteroatoms. The largest absolute Gasteiger partial charge is 0.398 e. The van der Waals surface area contributed by atoms with Gasteiger partial charge in [0.05, 0.1) is 18.9 Å². The van der Waals surface area contributed by atoms with Crippen molar-refractivity contribution in [3.05, 3.63) is 29.0 Å². The number of aliphatic hydroxyl groups excluding tert-OH is 2. The lowest BCUT2D eigenvalue weighted by Crippen LogP contribution is -2.29. The Balaban J connectivity index is 2.44. The van der Waals surface area contributed by atoms with Gasteiger partial charge in [-0.2, -0.15) is 0 Å². The van der Waals surface area contributed by atoms with Crippen LogP contribution >= 0.6 is 11.3 Å². The Bertz CT molecular complexity index is 607. The second-order valence-corrected chi connectivity index (χ2v) is 6.01. The van der Waals surface area contributed by atoms with Crippen molar-refractivity contribution in [2.45, 2.75) is 0 Å². The van der Waals surface area contributed by atoms with Crippen molar-refractivity contribution in [2.75, 3.05) is 55.9 Å². The van der Waals surface area contributed by atoms with Crippen LogP contribution in [0.25, 0.3) is 11.1 Å². The predicted molar refractivity (Wildman–Crippen MR) is 94.9 cm³/mol. The molecule has 2 aromatic rings.